The monoisotopic (exact) mass is 259 g/mol. The van der Waals surface area contributed by atoms with Crippen LogP contribution >= 0.6 is 0 Å². The van der Waals surface area contributed by atoms with Crippen molar-refractivity contribution < 1.29 is 4.79 Å². The molecule has 0 saturated carbocycles. The van der Waals surface area contributed by atoms with E-state index in [-0.39, 0.29) is 11.8 Å². The Morgan fingerprint density at radius 3 is 2.84 bits per heavy atom. The molecule has 0 spiro atoms. The van der Waals surface area contributed by atoms with Crippen LogP contribution in [0.15, 0.2) is 18.2 Å². The van der Waals surface area contributed by atoms with Crippen LogP contribution < -0.4 is 0 Å². The lowest BCUT2D eigenvalue weighted by Crippen LogP contribution is -2.42. The second-order valence-electron chi connectivity index (χ2n) is 5.80. The van der Waals surface area contributed by atoms with Gasteiger partial charge in [0.25, 0.3) is 0 Å². The molecule has 104 valence electrons. The van der Waals surface area contributed by atoms with Crippen molar-refractivity contribution in [3.63, 3.8) is 0 Å². The zero-order chi connectivity index (χ0) is 14.0. The van der Waals surface area contributed by atoms with Crippen LogP contribution in [0.25, 0.3) is 0 Å². The highest BCUT2D eigenvalue weighted by Crippen LogP contribution is 2.25. The fourth-order valence-corrected chi connectivity index (χ4v) is 3.18. The highest BCUT2D eigenvalue weighted by Gasteiger charge is 2.31. The summed E-state index contributed by atoms with van der Waals surface area (Å²) in [6.07, 6.45) is 3.61. The first-order valence-corrected chi connectivity index (χ1v) is 7.41. The van der Waals surface area contributed by atoms with Gasteiger partial charge in [0.05, 0.1) is 6.04 Å². The predicted molar refractivity (Wildman–Crippen MR) is 79.7 cm³/mol. The van der Waals surface area contributed by atoms with Gasteiger partial charge in [0.1, 0.15) is 0 Å². The maximum absolute atomic E-state index is 12.7. The molecular formula is C17H25NO. The summed E-state index contributed by atoms with van der Waals surface area (Å²) in [7, 11) is 0. The van der Waals surface area contributed by atoms with Crippen LogP contribution in [0.4, 0.5) is 0 Å². The minimum absolute atomic E-state index is 0.00736. The number of Topliss-reactive ketones (excluding diaryl/α,β-unsaturated/α-hetero) is 1. The van der Waals surface area contributed by atoms with E-state index < -0.39 is 0 Å². The molecule has 0 amide bonds. The Balaban J connectivity index is 2.21. The topological polar surface area (TPSA) is 20.3 Å². The fourth-order valence-electron chi connectivity index (χ4n) is 3.18. The van der Waals surface area contributed by atoms with Crippen molar-refractivity contribution in [3.05, 3.63) is 34.9 Å². The molecule has 19 heavy (non-hydrogen) atoms. The van der Waals surface area contributed by atoms with E-state index >= 15 is 0 Å². The second kappa shape index (κ2) is 5.87. The van der Waals surface area contributed by atoms with Gasteiger partial charge < -0.3 is 0 Å². The highest BCUT2D eigenvalue weighted by atomic mass is 16.1. The van der Waals surface area contributed by atoms with E-state index in [2.05, 4.69) is 30.9 Å². The van der Waals surface area contributed by atoms with Gasteiger partial charge in [-0.15, -0.1) is 0 Å². The zero-order valence-electron chi connectivity index (χ0n) is 12.6. The Kier molecular flexibility index (Phi) is 4.41. The number of carbonyl (C=O) groups is 1. The molecule has 0 aromatic heterocycles. The summed E-state index contributed by atoms with van der Waals surface area (Å²) in [6.45, 7) is 9.43. The van der Waals surface area contributed by atoms with Crippen molar-refractivity contribution >= 4 is 5.78 Å². The number of hydrogen-bond donors (Lipinski definition) is 0. The third-order valence-electron chi connectivity index (χ3n) is 4.43. The molecule has 2 unspecified atom stereocenters. The molecule has 2 nitrogen and oxygen atoms in total. The van der Waals surface area contributed by atoms with Crippen LogP contribution in [0, 0.1) is 13.8 Å². The number of benzene rings is 1. The average molecular weight is 259 g/mol. The molecule has 1 aromatic carbocycles. The summed E-state index contributed by atoms with van der Waals surface area (Å²) in [6, 6.07) is 6.75. The molecule has 0 N–H and O–H groups in total. The molecule has 2 rings (SSSR count). The molecule has 1 heterocycles. The summed E-state index contributed by atoms with van der Waals surface area (Å²) in [4.78, 5) is 15.1. The summed E-state index contributed by atoms with van der Waals surface area (Å²) in [5.74, 6) is 0.279. The first-order valence-electron chi connectivity index (χ1n) is 7.41. The molecule has 1 aromatic rings. The smallest absolute Gasteiger partial charge is 0.179 e. The van der Waals surface area contributed by atoms with Gasteiger partial charge in [0.15, 0.2) is 5.78 Å². The van der Waals surface area contributed by atoms with Gasteiger partial charge in [-0.3, -0.25) is 9.69 Å². The normalized spacial score (nSPS) is 21.6. The number of nitrogens with zero attached hydrogens (tertiary/aromatic N) is 1. The average Bonchev–Trinajstić information content (AvgIpc) is 2.88. The SMILES string of the molecule is CCC1CCCN1C(C)C(=O)c1cc(C)ccc1C. The van der Waals surface area contributed by atoms with Crippen molar-refractivity contribution in [2.24, 2.45) is 0 Å². The lowest BCUT2D eigenvalue weighted by atomic mass is 9.97. The number of likely N-dealkylation sites (tertiary alicyclic amines) is 1. The first kappa shape index (κ1) is 14.3. The summed E-state index contributed by atoms with van der Waals surface area (Å²) in [5, 5.41) is 0. The van der Waals surface area contributed by atoms with Crippen LogP contribution in [0.5, 0.6) is 0 Å². The number of rotatable bonds is 4. The minimum Gasteiger partial charge on any atom is -0.292 e. The van der Waals surface area contributed by atoms with Crippen molar-refractivity contribution in [1.82, 2.24) is 4.90 Å². The van der Waals surface area contributed by atoms with Gasteiger partial charge in [0.2, 0.25) is 0 Å². The van der Waals surface area contributed by atoms with E-state index in [9.17, 15) is 4.79 Å². The zero-order valence-corrected chi connectivity index (χ0v) is 12.6. The third kappa shape index (κ3) is 2.89. The molecule has 0 bridgehead atoms. The predicted octanol–water partition coefficient (Wildman–Crippen LogP) is 3.75. The number of carbonyl (C=O) groups excluding carboxylic acids is 1. The van der Waals surface area contributed by atoms with E-state index in [0.717, 1.165) is 29.7 Å². The van der Waals surface area contributed by atoms with Crippen LogP contribution in [-0.4, -0.2) is 29.3 Å². The maximum atomic E-state index is 12.7. The van der Waals surface area contributed by atoms with Gasteiger partial charge in [-0.1, -0.05) is 24.6 Å². The largest absolute Gasteiger partial charge is 0.292 e. The quantitative estimate of drug-likeness (QED) is 0.768. The van der Waals surface area contributed by atoms with Crippen LogP contribution in [0.3, 0.4) is 0 Å². The van der Waals surface area contributed by atoms with Gasteiger partial charge in [0, 0.05) is 11.6 Å². The molecule has 1 saturated heterocycles. The number of aryl methyl sites for hydroxylation is 2. The van der Waals surface area contributed by atoms with Crippen molar-refractivity contribution in [2.45, 2.75) is 59.0 Å². The van der Waals surface area contributed by atoms with Gasteiger partial charge in [-0.25, -0.2) is 0 Å². The third-order valence-corrected chi connectivity index (χ3v) is 4.43. The molecule has 0 aliphatic carbocycles. The van der Waals surface area contributed by atoms with Gasteiger partial charge in [-0.05, 0) is 58.2 Å². The van der Waals surface area contributed by atoms with Crippen LogP contribution in [0.2, 0.25) is 0 Å². The molecule has 1 fully saturated rings. The van der Waals surface area contributed by atoms with E-state index in [1.165, 1.54) is 12.8 Å². The van der Waals surface area contributed by atoms with Gasteiger partial charge >= 0.3 is 0 Å². The van der Waals surface area contributed by atoms with Crippen LogP contribution in [0.1, 0.15) is 54.6 Å². The number of ketones is 1. The molecule has 2 atom stereocenters. The summed E-state index contributed by atoms with van der Waals surface area (Å²) >= 11 is 0. The Hall–Kier alpha value is -1.15. The van der Waals surface area contributed by atoms with Crippen molar-refractivity contribution in [3.8, 4) is 0 Å². The van der Waals surface area contributed by atoms with E-state index in [1.807, 2.05) is 19.9 Å². The first-order chi connectivity index (χ1) is 9.04. The maximum Gasteiger partial charge on any atom is 0.179 e. The fraction of sp³-hybridized carbons (Fsp3) is 0.588. The Labute approximate surface area is 116 Å². The van der Waals surface area contributed by atoms with Crippen LogP contribution in [-0.2, 0) is 0 Å². The minimum atomic E-state index is 0.00736. The molecule has 2 heteroatoms. The lowest BCUT2D eigenvalue weighted by Gasteiger charge is -2.29. The van der Waals surface area contributed by atoms with E-state index in [0.29, 0.717) is 6.04 Å². The molecule has 0 radical (unpaired) electrons. The summed E-state index contributed by atoms with van der Waals surface area (Å²) < 4.78 is 0. The Morgan fingerprint density at radius 2 is 2.16 bits per heavy atom. The Morgan fingerprint density at radius 1 is 1.42 bits per heavy atom. The van der Waals surface area contributed by atoms with Crippen molar-refractivity contribution in [1.29, 1.82) is 0 Å². The van der Waals surface area contributed by atoms with E-state index in [4.69, 9.17) is 0 Å². The van der Waals surface area contributed by atoms with E-state index in [1.54, 1.807) is 0 Å². The molecule has 1 aliphatic heterocycles. The second-order valence-corrected chi connectivity index (χ2v) is 5.80. The highest BCUT2D eigenvalue weighted by molar-refractivity contribution is 6.01. The standard InChI is InChI=1S/C17H25NO/c1-5-15-7-6-10-18(15)14(4)17(19)16-11-12(2)8-9-13(16)3/h8-9,11,14-15H,5-7,10H2,1-4H3. The molecular weight excluding hydrogens is 234 g/mol. The summed E-state index contributed by atoms with van der Waals surface area (Å²) in [5.41, 5.74) is 3.15. The molecule has 1 aliphatic rings. The Bertz CT molecular complexity index is 466. The lowest BCUT2D eigenvalue weighted by molar-refractivity contribution is 0.0817. The van der Waals surface area contributed by atoms with Gasteiger partial charge in [-0.2, -0.15) is 0 Å². The number of hydrogen-bond acceptors (Lipinski definition) is 2. The van der Waals surface area contributed by atoms with Crippen molar-refractivity contribution in [2.75, 3.05) is 6.54 Å².